The van der Waals surface area contributed by atoms with Crippen LogP contribution in [0, 0.1) is 35.3 Å². The Hall–Kier alpha value is -2.75. The molecule has 0 aliphatic rings. The molecule has 90 valence electrons. The van der Waals surface area contributed by atoms with Gasteiger partial charge in [-0.1, -0.05) is 0 Å². The third-order valence-electron chi connectivity index (χ3n) is 2.53. The summed E-state index contributed by atoms with van der Waals surface area (Å²) in [4.78, 5) is 14.5. The summed E-state index contributed by atoms with van der Waals surface area (Å²) in [5.74, 6) is 0.391. The molecule has 0 amide bonds. The van der Waals surface area contributed by atoms with E-state index >= 15 is 0 Å². The van der Waals surface area contributed by atoms with Gasteiger partial charge in [0.05, 0.1) is 16.6 Å². The van der Waals surface area contributed by atoms with Gasteiger partial charge in [-0.3, -0.25) is 10.1 Å². The molecule has 0 unspecified atom stereocenters. The van der Waals surface area contributed by atoms with Gasteiger partial charge in [-0.25, -0.2) is 9.67 Å². The van der Waals surface area contributed by atoms with Gasteiger partial charge in [0, 0.05) is 12.3 Å². The van der Waals surface area contributed by atoms with Gasteiger partial charge in [0.15, 0.2) is 5.82 Å². The molecule has 7 heteroatoms. The monoisotopic (exact) mass is 243 g/mol. The first-order valence-corrected chi connectivity index (χ1v) is 5.11. The van der Waals surface area contributed by atoms with E-state index in [1.165, 1.54) is 16.9 Å². The number of pyridine rings is 1. The number of aromatic nitrogens is 3. The zero-order valence-electron chi connectivity index (χ0n) is 9.78. The van der Waals surface area contributed by atoms with E-state index in [9.17, 15) is 10.1 Å². The molecule has 0 radical (unpaired) electrons. The minimum atomic E-state index is -0.470. The molecule has 2 aromatic rings. The average molecular weight is 243 g/mol. The van der Waals surface area contributed by atoms with E-state index in [0.717, 1.165) is 0 Å². The Morgan fingerprint density at radius 1 is 1.50 bits per heavy atom. The summed E-state index contributed by atoms with van der Waals surface area (Å²) in [6.45, 7) is 3.16. The van der Waals surface area contributed by atoms with Gasteiger partial charge in [0.25, 0.3) is 0 Å². The zero-order chi connectivity index (χ0) is 13.3. The molecule has 0 aromatic carbocycles. The van der Waals surface area contributed by atoms with Gasteiger partial charge in [0.2, 0.25) is 0 Å². The van der Waals surface area contributed by atoms with Crippen LogP contribution in [0.15, 0.2) is 18.3 Å². The molecular formula is C11H9N5O2. The summed E-state index contributed by atoms with van der Waals surface area (Å²) >= 11 is 0. The molecule has 18 heavy (non-hydrogen) atoms. The second kappa shape index (κ2) is 4.25. The molecule has 0 saturated carbocycles. The molecule has 0 saturated heterocycles. The lowest BCUT2D eigenvalue weighted by molar-refractivity contribution is -0.386. The zero-order valence-corrected chi connectivity index (χ0v) is 9.78. The fraction of sp³-hybridized carbons (Fsp3) is 0.182. The fourth-order valence-electron chi connectivity index (χ4n) is 1.73. The lowest BCUT2D eigenvalue weighted by Crippen LogP contribution is -2.02. The van der Waals surface area contributed by atoms with E-state index < -0.39 is 4.92 Å². The summed E-state index contributed by atoms with van der Waals surface area (Å²) in [6, 6.07) is 5.08. The molecule has 2 rings (SSSR count). The molecule has 2 heterocycles. The van der Waals surface area contributed by atoms with Crippen LogP contribution in [0.4, 0.5) is 5.69 Å². The molecule has 0 fully saturated rings. The first-order chi connectivity index (χ1) is 8.54. The Kier molecular flexibility index (Phi) is 2.77. The molecule has 0 aliphatic heterocycles. The van der Waals surface area contributed by atoms with Crippen molar-refractivity contribution in [1.29, 1.82) is 5.26 Å². The van der Waals surface area contributed by atoms with Crippen LogP contribution in [0.2, 0.25) is 0 Å². The maximum atomic E-state index is 10.9. The number of rotatable bonds is 2. The first kappa shape index (κ1) is 11.7. The highest BCUT2D eigenvalue weighted by atomic mass is 16.6. The van der Waals surface area contributed by atoms with Crippen LogP contribution in [-0.2, 0) is 0 Å². The van der Waals surface area contributed by atoms with E-state index in [1.54, 1.807) is 19.9 Å². The number of hydrogen-bond donors (Lipinski definition) is 0. The Balaban J connectivity index is 2.62. The Morgan fingerprint density at radius 2 is 2.22 bits per heavy atom. The van der Waals surface area contributed by atoms with Crippen LogP contribution in [0.3, 0.4) is 0 Å². The lowest BCUT2D eigenvalue weighted by atomic mass is 10.3. The van der Waals surface area contributed by atoms with Crippen LogP contribution >= 0.6 is 0 Å². The quantitative estimate of drug-likeness (QED) is 0.590. The van der Waals surface area contributed by atoms with Crippen molar-refractivity contribution in [1.82, 2.24) is 14.8 Å². The summed E-state index contributed by atoms with van der Waals surface area (Å²) in [7, 11) is 0. The highest BCUT2D eigenvalue weighted by molar-refractivity contribution is 5.44. The van der Waals surface area contributed by atoms with Gasteiger partial charge >= 0.3 is 5.69 Å². The summed E-state index contributed by atoms with van der Waals surface area (Å²) in [5, 5.41) is 23.8. The third kappa shape index (κ3) is 1.80. The SMILES string of the molecule is Cc1nn(-c2cc(C#N)ccn2)c(C)c1[N+](=O)[O-]. The Labute approximate surface area is 102 Å². The van der Waals surface area contributed by atoms with Crippen molar-refractivity contribution < 1.29 is 4.92 Å². The van der Waals surface area contributed by atoms with Gasteiger partial charge in [-0.05, 0) is 19.9 Å². The topological polar surface area (TPSA) is 97.6 Å². The summed E-state index contributed by atoms with van der Waals surface area (Å²) in [6.07, 6.45) is 1.47. The predicted molar refractivity (Wildman–Crippen MR) is 62.2 cm³/mol. The van der Waals surface area contributed by atoms with E-state index in [0.29, 0.717) is 22.8 Å². The molecule has 0 bridgehead atoms. The van der Waals surface area contributed by atoms with Crippen molar-refractivity contribution in [2.45, 2.75) is 13.8 Å². The molecule has 0 atom stereocenters. The Bertz CT molecular complexity index is 669. The molecule has 7 nitrogen and oxygen atoms in total. The highest BCUT2D eigenvalue weighted by Crippen LogP contribution is 2.24. The van der Waals surface area contributed by atoms with E-state index in [1.807, 2.05) is 6.07 Å². The minimum absolute atomic E-state index is 0.0286. The molecule has 0 N–H and O–H groups in total. The van der Waals surface area contributed by atoms with Crippen LogP contribution in [0.5, 0.6) is 0 Å². The van der Waals surface area contributed by atoms with Gasteiger partial charge in [-0.2, -0.15) is 10.4 Å². The predicted octanol–water partition coefficient (Wildman–Crippen LogP) is 1.66. The second-order valence-corrected chi connectivity index (χ2v) is 3.70. The van der Waals surface area contributed by atoms with Gasteiger partial charge in [0.1, 0.15) is 11.4 Å². The maximum absolute atomic E-state index is 10.9. The Morgan fingerprint density at radius 3 is 2.78 bits per heavy atom. The van der Waals surface area contributed by atoms with Crippen molar-refractivity contribution in [3.63, 3.8) is 0 Å². The van der Waals surface area contributed by atoms with Crippen molar-refractivity contribution in [3.8, 4) is 11.9 Å². The van der Waals surface area contributed by atoms with Crippen molar-refractivity contribution >= 4 is 5.69 Å². The normalized spacial score (nSPS) is 10.1. The van der Waals surface area contributed by atoms with Crippen molar-refractivity contribution in [2.24, 2.45) is 0 Å². The second-order valence-electron chi connectivity index (χ2n) is 3.70. The van der Waals surface area contributed by atoms with Crippen LogP contribution in [0.1, 0.15) is 17.0 Å². The molecule has 2 aromatic heterocycles. The smallest absolute Gasteiger partial charge is 0.258 e. The van der Waals surface area contributed by atoms with Crippen molar-refractivity contribution in [2.75, 3.05) is 0 Å². The molecule has 0 spiro atoms. The third-order valence-corrected chi connectivity index (χ3v) is 2.53. The first-order valence-electron chi connectivity index (χ1n) is 5.11. The molecule has 0 aliphatic carbocycles. The number of aryl methyl sites for hydroxylation is 1. The van der Waals surface area contributed by atoms with Gasteiger partial charge in [-0.15, -0.1) is 0 Å². The van der Waals surface area contributed by atoms with E-state index in [-0.39, 0.29) is 5.69 Å². The maximum Gasteiger partial charge on any atom is 0.313 e. The summed E-state index contributed by atoms with van der Waals surface area (Å²) in [5.41, 5.74) is 1.11. The largest absolute Gasteiger partial charge is 0.313 e. The van der Waals surface area contributed by atoms with Crippen molar-refractivity contribution in [3.05, 3.63) is 45.4 Å². The average Bonchev–Trinajstić information content (AvgIpc) is 2.65. The van der Waals surface area contributed by atoms with E-state index in [4.69, 9.17) is 5.26 Å². The number of nitro groups is 1. The fourth-order valence-corrected chi connectivity index (χ4v) is 1.73. The van der Waals surface area contributed by atoms with Gasteiger partial charge < -0.3 is 0 Å². The standard InChI is InChI=1S/C11H9N5O2/c1-7-11(16(17)18)8(2)15(14-7)10-5-9(6-12)3-4-13-10/h3-5H,1-2H3. The minimum Gasteiger partial charge on any atom is -0.258 e. The van der Waals surface area contributed by atoms with Crippen LogP contribution in [-0.4, -0.2) is 19.7 Å². The summed E-state index contributed by atoms with van der Waals surface area (Å²) < 4.78 is 1.37. The lowest BCUT2D eigenvalue weighted by Gasteiger charge is -2.01. The van der Waals surface area contributed by atoms with E-state index in [2.05, 4.69) is 10.1 Å². The number of hydrogen-bond acceptors (Lipinski definition) is 5. The molecular weight excluding hydrogens is 234 g/mol. The number of nitriles is 1. The van der Waals surface area contributed by atoms with Crippen LogP contribution < -0.4 is 0 Å². The highest BCUT2D eigenvalue weighted by Gasteiger charge is 2.22. The number of nitrogens with zero attached hydrogens (tertiary/aromatic N) is 5. The van der Waals surface area contributed by atoms with Crippen LogP contribution in [0.25, 0.3) is 5.82 Å².